The standard InChI is InChI=1S/C7H12N2O2/c1-11-6-7(10)5-9-4-2-3-8-9/h2-4,7,10H,5-6H2,1H3/t7-/m0/s1. The van der Waals surface area contributed by atoms with Crippen LogP contribution in [0.4, 0.5) is 0 Å². The third-order valence-electron chi connectivity index (χ3n) is 1.32. The lowest BCUT2D eigenvalue weighted by Crippen LogP contribution is -2.21. The number of ether oxygens (including phenoxy) is 1. The first kappa shape index (κ1) is 8.23. The molecule has 62 valence electrons. The van der Waals surface area contributed by atoms with Gasteiger partial charge in [0.2, 0.25) is 0 Å². The van der Waals surface area contributed by atoms with Crippen molar-refractivity contribution in [3.8, 4) is 0 Å². The highest BCUT2D eigenvalue weighted by Crippen LogP contribution is 1.90. The van der Waals surface area contributed by atoms with Gasteiger partial charge in [-0.15, -0.1) is 0 Å². The molecule has 0 aromatic carbocycles. The van der Waals surface area contributed by atoms with Crippen molar-refractivity contribution >= 4 is 0 Å². The van der Waals surface area contributed by atoms with Crippen molar-refractivity contribution < 1.29 is 9.84 Å². The van der Waals surface area contributed by atoms with E-state index < -0.39 is 6.10 Å². The number of methoxy groups -OCH3 is 1. The molecule has 1 aromatic rings. The summed E-state index contributed by atoms with van der Waals surface area (Å²) in [4.78, 5) is 0. The van der Waals surface area contributed by atoms with Crippen LogP contribution in [-0.2, 0) is 11.3 Å². The molecule has 0 radical (unpaired) electrons. The lowest BCUT2D eigenvalue weighted by molar-refractivity contribution is 0.0514. The highest BCUT2D eigenvalue weighted by Gasteiger charge is 2.02. The van der Waals surface area contributed by atoms with Crippen LogP contribution in [-0.4, -0.2) is 34.7 Å². The Labute approximate surface area is 65.4 Å². The summed E-state index contributed by atoms with van der Waals surface area (Å²) in [5.74, 6) is 0. The summed E-state index contributed by atoms with van der Waals surface area (Å²) in [6.07, 6.45) is 3.01. The number of rotatable bonds is 4. The second-order valence-corrected chi connectivity index (χ2v) is 2.34. The van der Waals surface area contributed by atoms with E-state index >= 15 is 0 Å². The fourth-order valence-corrected chi connectivity index (χ4v) is 0.869. The summed E-state index contributed by atoms with van der Waals surface area (Å²) in [5.41, 5.74) is 0. The molecule has 0 fully saturated rings. The van der Waals surface area contributed by atoms with Crippen LogP contribution in [0.2, 0.25) is 0 Å². The van der Waals surface area contributed by atoms with Crippen molar-refractivity contribution in [3.63, 3.8) is 0 Å². The quantitative estimate of drug-likeness (QED) is 0.661. The fraction of sp³-hybridized carbons (Fsp3) is 0.571. The van der Waals surface area contributed by atoms with Crippen LogP contribution in [0.15, 0.2) is 18.5 Å². The topological polar surface area (TPSA) is 47.3 Å². The smallest absolute Gasteiger partial charge is 0.0968 e. The molecule has 1 heterocycles. The number of aromatic nitrogens is 2. The molecule has 4 nitrogen and oxygen atoms in total. The van der Waals surface area contributed by atoms with Crippen LogP contribution in [0, 0.1) is 0 Å². The summed E-state index contributed by atoms with van der Waals surface area (Å²) < 4.78 is 6.43. The van der Waals surface area contributed by atoms with E-state index in [0.29, 0.717) is 13.2 Å². The van der Waals surface area contributed by atoms with Gasteiger partial charge in [0.05, 0.1) is 19.3 Å². The van der Waals surface area contributed by atoms with E-state index in [0.717, 1.165) is 0 Å². The van der Waals surface area contributed by atoms with E-state index in [4.69, 9.17) is 4.74 Å². The van der Waals surface area contributed by atoms with Gasteiger partial charge < -0.3 is 9.84 Å². The summed E-state index contributed by atoms with van der Waals surface area (Å²) in [7, 11) is 1.56. The van der Waals surface area contributed by atoms with Crippen molar-refractivity contribution in [1.29, 1.82) is 0 Å². The second kappa shape index (κ2) is 4.10. The van der Waals surface area contributed by atoms with Gasteiger partial charge in [0, 0.05) is 19.5 Å². The van der Waals surface area contributed by atoms with Gasteiger partial charge in [-0.25, -0.2) is 0 Å². The van der Waals surface area contributed by atoms with Gasteiger partial charge in [0.15, 0.2) is 0 Å². The molecule has 0 bridgehead atoms. The third kappa shape index (κ3) is 2.69. The molecule has 0 unspecified atom stereocenters. The van der Waals surface area contributed by atoms with E-state index in [1.807, 2.05) is 6.07 Å². The normalized spacial score (nSPS) is 13.3. The van der Waals surface area contributed by atoms with Gasteiger partial charge in [-0.3, -0.25) is 4.68 Å². The van der Waals surface area contributed by atoms with Gasteiger partial charge >= 0.3 is 0 Å². The van der Waals surface area contributed by atoms with Gasteiger partial charge in [-0.1, -0.05) is 0 Å². The van der Waals surface area contributed by atoms with Crippen molar-refractivity contribution in [3.05, 3.63) is 18.5 Å². The lowest BCUT2D eigenvalue weighted by atomic mass is 10.4. The van der Waals surface area contributed by atoms with Crippen LogP contribution in [0.25, 0.3) is 0 Å². The zero-order valence-electron chi connectivity index (χ0n) is 6.47. The third-order valence-corrected chi connectivity index (χ3v) is 1.32. The first-order valence-corrected chi connectivity index (χ1v) is 3.47. The molecular formula is C7H12N2O2. The zero-order valence-corrected chi connectivity index (χ0v) is 6.47. The summed E-state index contributed by atoms with van der Waals surface area (Å²) in [5, 5.41) is 13.2. The molecule has 0 aliphatic carbocycles. The van der Waals surface area contributed by atoms with Crippen LogP contribution in [0.5, 0.6) is 0 Å². The molecule has 1 rings (SSSR count). The Balaban J connectivity index is 2.31. The number of hydrogen-bond donors (Lipinski definition) is 1. The minimum atomic E-state index is -0.472. The molecule has 0 saturated heterocycles. The summed E-state index contributed by atoms with van der Waals surface area (Å²) in [6.45, 7) is 0.834. The molecule has 11 heavy (non-hydrogen) atoms. The Morgan fingerprint density at radius 1 is 1.73 bits per heavy atom. The average Bonchev–Trinajstić information content (AvgIpc) is 2.40. The molecule has 0 saturated carbocycles. The molecule has 0 amide bonds. The molecule has 0 aliphatic rings. The van der Waals surface area contributed by atoms with E-state index in [1.54, 1.807) is 24.2 Å². The first-order chi connectivity index (χ1) is 5.33. The molecule has 1 aromatic heterocycles. The van der Waals surface area contributed by atoms with Gasteiger partial charge in [-0.05, 0) is 6.07 Å². The number of nitrogens with zero attached hydrogens (tertiary/aromatic N) is 2. The predicted molar refractivity (Wildman–Crippen MR) is 40.1 cm³/mol. The Hall–Kier alpha value is -0.870. The van der Waals surface area contributed by atoms with Crippen molar-refractivity contribution in [2.45, 2.75) is 12.6 Å². The predicted octanol–water partition coefficient (Wildman–Crippen LogP) is -0.110. The van der Waals surface area contributed by atoms with Gasteiger partial charge in [0.1, 0.15) is 0 Å². The van der Waals surface area contributed by atoms with Crippen LogP contribution in [0.1, 0.15) is 0 Å². The lowest BCUT2D eigenvalue weighted by Gasteiger charge is -2.08. The van der Waals surface area contributed by atoms with E-state index in [1.165, 1.54) is 0 Å². The highest BCUT2D eigenvalue weighted by atomic mass is 16.5. The Bertz CT molecular complexity index is 186. The first-order valence-electron chi connectivity index (χ1n) is 3.47. The summed E-state index contributed by atoms with van der Waals surface area (Å²) >= 11 is 0. The number of hydrogen-bond acceptors (Lipinski definition) is 3. The Morgan fingerprint density at radius 3 is 3.09 bits per heavy atom. The molecule has 1 atom stereocenters. The van der Waals surface area contributed by atoms with Crippen molar-refractivity contribution in [1.82, 2.24) is 9.78 Å². The SMILES string of the molecule is COC[C@@H](O)Cn1cccn1. The largest absolute Gasteiger partial charge is 0.389 e. The molecule has 0 aliphatic heterocycles. The van der Waals surface area contributed by atoms with Crippen LogP contribution in [0.3, 0.4) is 0 Å². The Kier molecular flexibility index (Phi) is 3.07. The second-order valence-electron chi connectivity index (χ2n) is 2.34. The summed E-state index contributed by atoms with van der Waals surface area (Å²) in [6, 6.07) is 1.82. The van der Waals surface area contributed by atoms with Crippen LogP contribution >= 0.6 is 0 Å². The van der Waals surface area contributed by atoms with E-state index in [9.17, 15) is 5.11 Å². The van der Waals surface area contributed by atoms with E-state index in [-0.39, 0.29) is 0 Å². The maximum Gasteiger partial charge on any atom is 0.0968 e. The molecule has 0 spiro atoms. The fourth-order valence-electron chi connectivity index (χ4n) is 0.869. The molecule has 1 N–H and O–H groups in total. The zero-order chi connectivity index (χ0) is 8.10. The van der Waals surface area contributed by atoms with E-state index in [2.05, 4.69) is 5.10 Å². The average molecular weight is 156 g/mol. The van der Waals surface area contributed by atoms with Crippen molar-refractivity contribution in [2.24, 2.45) is 0 Å². The van der Waals surface area contributed by atoms with Gasteiger partial charge in [-0.2, -0.15) is 5.10 Å². The minimum Gasteiger partial charge on any atom is -0.389 e. The monoisotopic (exact) mass is 156 g/mol. The molecular weight excluding hydrogens is 144 g/mol. The van der Waals surface area contributed by atoms with Crippen LogP contribution < -0.4 is 0 Å². The molecule has 4 heteroatoms. The Morgan fingerprint density at radius 2 is 2.55 bits per heavy atom. The number of aliphatic hydroxyl groups is 1. The minimum absolute atomic E-state index is 0.347. The maximum atomic E-state index is 9.24. The van der Waals surface area contributed by atoms with Crippen molar-refractivity contribution in [2.75, 3.05) is 13.7 Å². The maximum absolute atomic E-state index is 9.24. The highest BCUT2D eigenvalue weighted by molar-refractivity contribution is 4.78. The number of aliphatic hydroxyl groups excluding tert-OH is 1. The van der Waals surface area contributed by atoms with Gasteiger partial charge in [0.25, 0.3) is 0 Å².